The number of carbonyl (C=O) groups excluding carboxylic acids is 1. The van der Waals surface area contributed by atoms with E-state index in [1.54, 1.807) is 22.8 Å². The maximum atomic E-state index is 12.6. The van der Waals surface area contributed by atoms with Crippen LogP contribution in [0.3, 0.4) is 0 Å². The minimum absolute atomic E-state index is 0.127. The predicted octanol–water partition coefficient (Wildman–Crippen LogP) is 4.78. The monoisotopic (exact) mass is 505 g/mol. The van der Waals surface area contributed by atoms with Crippen LogP contribution in [-0.4, -0.2) is 44.4 Å². The minimum Gasteiger partial charge on any atom is -0.494 e. The van der Waals surface area contributed by atoms with E-state index < -0.39 is 11.9 Å². The molecule has 2 aromatic carbocycles. The summed E-state index contributed by atoms with van der Waals surface area (Å²) in [6, 6.07) is 13.0. The molecule has 9 nitrogen and oxygen atoms in total. The highest BCUT2D eigenvalue weighted by Gasteiger charge is 2.25. The summed E-state index contributed by atoms with van der Waals surface area (Å²) in [5, 5.41) is 22.0. The number of carbonyl (C=O) groups is 3. The molecule has 1 fully saturated rings. The summed E-state index contributed by atoms with van der Waals surface area (Å²) >= 11 is 1.21. The van der Waals surface area contributed by atoms with Crippen molar-refractivity contribution in [2.24, 2.45) is 4.99 Å². The third kappa shape index (κ3) is 5.18. The van der Waals surface area contributed by atoms with Crippen molar-refractivity contribution >= 4 is 46.5 Å². The van der Waals surface area contributed by atoms with Gasteiger partial charge in [0.2, 0.25) is 0 Å². The molecular weight excluding hydrogens is 482 g/mol. The molecule has 1 amide bonds. The lowest BCUT2D eigenvalue weighted by Gasteiger charge is -2.12. The Hall–Kier alpha value is -4.31. The summed E-state index contributed by atoms with van der Waals surface area (Å²) in [6.07, 6.45) is 1.73. The lowest BCUT2D eigenvalue weighted by Crippen LogP contribution is -2.19. The Labute approximate surface area is 211 Å². The highest BCUT2D eigenvalue weighted by atomic mass is 32.2. The second kappa shape index (κ2) is 10.1. The molecule has 4 rings (SSSR count). The molecule has 1 aromatic heterocycles. The number of benzene rings is 2. The molecule has 0 saturated carbocycles. The smallest absolute Gasteiger partial charge is 0.335 e. The van der Waals surface area contributed by atoms with Crippen LogP contribution in [0.15, 0.2) is 58.4 Å². The average molecular weight is 506 g/mol. The van der Waals surface area contributed by atoms with E-state index in [1.807, 2.05) is 39.0 Å². The maximum Gasteiger partial charge on any atom is 0.335 e. The number of amidine groups is 1. The third-order valence-corrected chi connectivity index (χ3v) is 6.37. The van der Waals surface area contributed by atoms with E-state index in [0.717, 1.165) is 28.8 Å². The normalized spacial score (nSPS) is 15.4. The number of amides is 1. The first-order valence-corrected chi connectivity index (χ1v) is 11.8. The van der Waals surface area contributed by atoms with Crippen LogP contribution >= 0.6 is 11.8 Å². The van der Waals surface area contributed by atoms with E-state index in [-0.39, 0.29) is 17.0 Å². The summed E-state index contributed by atoms with van der Waals surface area (Å²) in [4.78, 5) is 40.6. The Morgan fingerprint density at radius 3 is 2.28 bits per heavy atom. The topological polar surface area (TPSA) is 130 Å². The number of aromatic nitrogens is 1. The molecule has 184 valence electrons. The third-order valence-electron chi connectivity index (χ3n) is 5.46. The molecule has 2 heterocycles. The summed E-state index contributed by atoms with van der Waals surface area (Å²) < 4.78 is 7.19. The highest BCUT2D eigenvalue weighted by Crippen LogP contribution is 2.31. The van der Waals surface area contributed by atoms with Crippen LogP contribution in [0.1, 0.15) is 44.6 Å². The van der Waals surface area contributed by atoms with Gasteiger partial charge in [0.15, 0.2) is 5.17 Å². The molecule has 3 aromatic rings. The molecule has 0 spiro atoms. The fourth-order valence-electron chi connectivity index (χ4n) is 3.84. The van der Waals surface area contributed by atoms with E-state index in [1.165, 1.54) is 23.9 Å². The van der Waals surface area contributed by atoms with E-state index in [4.69, 9.17) is 4.74 Å². The van der Waals surface area contributed by atoms with Gasteiger partial charge in [0.25, 0.3) is 5.91 Å². The Balaban J connectivity index is 1.65. The van der Waals surface area contributed by atoms with Crippen molar-refractivity contribution in [1.29, 1.82) is 0 Å². The highest BCUT2D eigenvalue weighted by molar-refractivity contribution is 8.18. The molecule has 0 radical (unpaired) electrons. The van der Waals surface area contributed by atoms with Gasteiger partial charge < -0.3 is 24.8 Å². The summed E-state index contributed by atoms with van der Waals surface area (Å²) in [5.74, 6) is -1.98. The zero-order chi connectivity index (χ0) is 26.0. The number of nitrogens with zero attached hydrogens (tertiary/aromatic N) is 2. The Kier molecular flexibility index (Phi) is 6.98. The number of nitrogens with one attached hydrogen (secondary N) is 1. The zero-order valence-electron chi connectivity index (χ0n) is 19.7. The van der Waals surface area contributed by atoms with Crippen LogP contribution in [0.5, 0.6) is 5.75 Å². The van der Waals surface area contributed by atoms with Gasteiger partial charge in [0.05, 0.1) is 28.3 Å². The SMILES string of the molecule is CCOc1ccc(N=C2NC(=O)/C(=C/c3cc(C)n(-c4cc(C(=O)O)cc(C(=O)O)c4)c3C)S2)cc1. The Morgan fingerprint density at radius 2 is 1.69 bits per heavy atom. The first-order valence-electron chi connectivity index (χ1n) is 11.0. The van der Waals surface area contributed by atoms with Crippen LogP contribution in [0, 0.1) is 13.8 Å². The minimum atomic E-state index is -1.22. The number of aromatic carboxylic acids is 2. The molecule has 1 aliphatic rings. The van der Waals surface area contributed by atoms with Gasteiger partial charge in [-0.3, -0.25) is 4.79 Å². The number of aliphatic imine (C=N–C) groups is 1. The average Bonchev–Trinajstić information content (AvgIpc) is 3.32. The summed E-state index contributed by atoms with van der Waals surface area (Å²) in [6.45, 7) is 6.12. The molecule has 10 heteroatoms. The quantitative estimate of drug-likeness (QED) is 0.394. The maximum absolute atomic E-state index is 12.6. The number of thioether (sulfide) groups is 1. The van der Waals surface area contributed by atoms with Crippen LogP contribution < -0.4 is 10.1 Å². The van der Waals surface area contributed by atoms with Crippen LogP contribution in [0.4, 0.5) is 5.69 Å². The number of rotatable bonds is 7. The van der Waals surface area contributed by atoms with Crippen LogP contribution in [0.2, 0.25) is 0 Å². The summed E-state index contributed by atoms with van der Waals surface area (Å²) in [7, 11) is 0. The van der Waals surface area contributed by atoms with Gasteiger partial charge in [0.1, 0.15) is 5.75 Å². The van der Waals surface area contributed by atoms with Crippen molar-refractivity contribution in [2.75, 3.05) is 6.61 Å². The van der Waals surface area contributed by atoms with Crippen molar-refractivity contribution in [3.05, 3.63) is 81.5 Å². The van der Waals surface area contributed by atoms with E-state index in [0.29, 0.717) is 28.1 Å². The van der Waals surface area contributed by atoms with Gasteiger partial charge in [-0.05, 0) is 92.7 Å². The van der Waals surface area contributed by atoms with Crippen molar-refractivity contribution in [3.63, 3.8) is 0 Å². The fourth-order valence-corrected chi connectivity index (χ4v) is 4.67. The fraction of sp³-hybridized carbons (Fsp3) is 0.154. The predicted molar refractivity (Wildman–Crippen MR) is 138 cm³/mol. The first kappa shape index (κ1) is 24.8. The number of carboxylic acids is 2. The molecule has 1 aliphatic heterocycles. The largest absolute Gasteiger partial charge is 0.494 e. The number of carboxylic acid groups (broad SMARTS) is 2. The summed E-state index contributed by atoms with van der Waals surface area (Å²) in [5.41, 5.74) is 3.05. The lowest BCUT2D eigenvalue weighted by atomic mass is 10.1. The Bertz CT molecular complexity index is 1400. The Morgan fingerprint density at radius 1 is 1.06 bits per heavy atom. The lowest BCUT2D eigenvalue weighted by molar-refractivity contribution is -0.115. The van der Waals surface area contributed by atoms with E-state index in [9.17, 15) is 24.6 Å². The number of ether oxygens (including phenoxy) is 1. The molecule has 36 heavy (non-hydrogen) atoms. The van der Waals surface area contributed by atoms with Crippen LogP contribution in [0.25, 0.3) is 11.8 Å². The van der Waals surface area contributed by atoms with Crippen LogP contribution in [-0.2, 0) is 4.79 Å². The standard InChI is InChI=1S/C26H23N3O6S/c1-4-35-21-7-5-19(6-8-21)27-26-28-23(30)22(36-26)13-16-9-14(2)29(15(16)3)20-11-17(24(31)32)10-18(12-20)25(33)34/h5-13H,4H2,1-3H3,(H,31,32)(H,33,34)(H,27,28,30)/b22-13-. The molecule has 3 N–H and O–H groups in total. The van der Waals surface area contributed by atoms with Gasteiger partial charge in [-0.25, -0.2) is 14.6 Å². The van der Waals surface area contributed by atoms with Gasteiger partial charge in [-0.15, -0.1) is 0 Å². The first-order chi connectivity index (χ1) is 17.2. The molecule has 0 bridgehead atoms. The van der Waals surface area contributed by atoms with Crippen molar-refractivity contribution in [3.8, 4) is 11.4 Å². The van der Waals surface area contributed by atoms with Gasteiger partial charge in [-0.2, -0.15) is 0 Å². The molecule has 0 atom stereocenters. The second-order valence-electron chi connectivity index (χ2n) is 7.95. The van der Waals surface area contributed by atoms with Crippen molar-refractivity contribution < 1.29 is 29.3 Å². The van der Waals surface area contributed by atoms with Gasteiger partial charge >= 0.3 is 11.9 Å². The molecule has 1 saturated heterocycles. The van der Waals surface area contributed by atoms with Crippen molar-refractivity contribution in [2.45, 2.75) is 20.8 Å². The van der Waals surface area contributed by atoms with E-state index in [2.05, 4.69) is 10.3 Å². The van der Waals surface area contributed by atoms with Crippen molar-refractivity contribution in [1.82, 2.24) is 9.88 Å². The number of hydrogen-bond donors (Lipinski definition) is 3. The molecular formula is C26H23N3O6S. The number of aryl methyl sites for hydroxylation is 1. The van der Waals surface area contributed by atoms with E-state index >= 15 is 0 Å². The molecule has 0 aliphatic carbocycles. The second-order valence-corrected chi connectivity index (χ2v) is 8.98. The van der Waals surface area contributed by atoms with Gasteiger partial charge in [-0.1, -0.05) is 0 Å². The zero-order valence-corrected chi connectivity index (χ0v) is 20.5. The number of hydrogen-bond acceptors (Lipinski definition) is 6. The molecule has 0 unspecified atom stereocenters. The van der Waals surface area contributed by atoms with Gasteiger partial charge in [0, 0.05) is 17.1 Å².